The molecule has 1 fully saturated rings. The van der Waals surface area contributed by atoms with Crippen LogP contribution in [0.15, 0.2) is 0 Å². The molecule has 3 nitrogen and oxygen atoms in total. The van der Waals surface area contributed by atoms with Crippen LogP contribution in [-0.2, 0) is 9.47 Å². The molecule has 1 rings (SSSR count). The van der Waals surface area contributed by atoms with Crippen molar-refractivity contribution in [2.45, 2.75) is 32.0 Å². The Morgan fingerprint density at radius 3 is 2.50 bits per heavy atom. The minimum atomic E-state index is -0.334. The standard InChI is InChI=1S/C9H18O3/c1-7(11-2)9(10)8-3-5-12-6-4-8/h7-10H,3-6H2,1-2H3. The molecule has 1 aliphatic heterocycles. The van der Waals surface area contributed by atoms with Crippen LogP contribution in [0.5, 0.6) is 0 Å². The molecule has 1 N–H and O–H groups in total. The number of aliphatic hydroxyl groups excluding tert-OH is 1. The van der Waals surface area contributed by atoms with E-state index in [2.05, 4.69) is 0 Å². The van der Waals surface area contributed by atoms with Crippen molar-refractivity contribution in [3.63, 3.8) is 0 Å². The third-order valence-electron chi connectivity index (χ3n) is 2.60. The van der Waals surface area contributed by atoms with E-state index in [1.807, 2.05) is 6.92 Å². The molecule has 12 heavy (non-hydrogen) atoms. The fourth-order valence-corrected chi connectivity index (χ4v) is 1.58. The Balaban J connectivity index is 2.33. The molecule has 0 saturated carbocycles. The Morgan fingerprint density at radius 1 is 1.42 bits per heavy atom. The summed E-state index contributed by atoms with van der Waals surface area (Å²) in [4.78, 5) is 0. The van der Waals surface area contributed by atoms with Gasteiger partial charge in [-0.15, -0.1) is 0 Å². The molecule has 0 aromatic heterocycles. The minimum absolute atomic E-state index is 0.0619. The molecule has 2 unspecified atom stereocenters. The Kier molecular flexibility index (Phi) is 3.98. The third-order valence-corrected chi connectivity index (χ3v) is 2.60. The van der Waals surface area contributed by atoms with Crippen LogP contribution in [0.4, 0.5) is 0 Å². The van der Waals surface area contributed by atoms with Gasteiger partial charge in [-0.1, -0.05) is 0 Å². The van der Waals surface area contributed by atoms with Crippen molar-refractivity contribution in [2.75, 3.05) is 20.3 Å². The molecule has 72 valence electrons. The highest BCUT2D eigenvalue weighted by atomic mass is 16.5. The van der Waals surface area contributed by atoms with Gasteiger partial charge in [-0.25, -0.2) is 0 Å². The van der Waals surface area contributed by atoms with Gasteiger partial charge in [-0.3, -0.25) is 0 Å². The molecule has 0 aromatic carbocycles. The SMILES string of the molecule is COC(C)C(O)C1CCOCC1. The number of hydrogen-bond donors (Lipinski definition) is 1. The van der Waals surface area contributed by atoms with Crippen molar-refractivity contribution in [3.05, 3.63) is 0 Å². The van der Waals surface area contributed by atoms with Crippen molar-refractivity contribution in [1.82, 2.24) is 0 Å². The molecule has 0 aromatic rings. The number of hydrogen-bond acceptors (Lipinski definition) is 3. The maximum absolute atomic E-state index is 9.76. The van der Waals surface area contributed by atoms with E-state index >= 15 is 0 Å². The molecule has 0 radical (unpaired) electrons. The van der Waals surface area contributed by atoms with Crippen molar-refractivity contribution < 1.29 is 14.6 Å². The van der Waals surface area contributed by atoms with Gasteiger partial charge in [-0.2, -0.15) is 0 Å². The molecular formula is C9H18O3. The highest BCUT2D eigenvalue weighted by Gasteiger charge is 2.26. The lowest BCUT2D eigenvalue weighted by Crippen LogP contribution is -2.36. The maximum Gasteiger partial charge on any atom is 0.0828 e. The van der Waals surface area contributed by atoms with E-state index in [-0.39, 0.29) is 12.2 Å². The van der Waals surface area contributed by atoms with Gasteiger partial charge in [0.05, 0.1) is 12.2 Å². The zero-order valence-electron chi connectivity index (χ0n) is 7.82. The van der Waals surface area contributed by atoms with Crippen LogP contribution in [0.3, 0.4) is 0 Å². The van der Waals surface area contributed by atoms with Gasteiger partial charge in [0.1, 0.15) is 0 Å². The molecular weight excluding hydrogens is 156 g/mol. The van der Waals surface area contributed by atoms with Crippen LogP contribution in [0, 0.1) is 5.92 Å². The zero-order chi connectivity index (χ0) is 8.97. The van der Waals surface area contributed by atoms with Gasteiger partial charge < -0.3 is 14.6 Å². The molecule has 0 spiro atoms. The van der Waals surface area contributed by atoms with Gasteiger partial charge in [0, 0.05) is 20.3 Å². The van der Waals surface area contributed by atoms with Crippen LogP contribution in [0.25, 0.3) is 0 Å². The zero-order valence-corrected chi connectivity index (χ0v) is 7.82. The van der Waals surface area contributed by atoms with Crippen LogP contribution in [0.2, 0.25) is 0 Å². The highest BCUT2D eigenvalue weighted by molar-refractivity contribution is 4.76. The first-order valence-corrected chi connectivity index (χ1v) is 4.54. The fourth-order valence-electron chi connectivity index (χ4n) is 1.58. The Labute approximate surface area is 73.7 Å². The Hall–Kier alpha value is -0.120. The van der Waals surface area contributed by atoms with Gasteiger partial charge in [-0.05, 0) is 25.7 Å². The summed E-state index contributed by atoms with van der Waals surface area (Å²) in [6.45, 7) is 3.45. The minimum Gasteiger partial charge on any atom is -0.390 e. The molecule has 0 aliphatic carbocycles. The van der Waals surface area contributed by atoms with Crippen LogP contribution < -0.4 is 0 Å². The topological polar surface area (TPSA) is 38.7 Å². The van der Waals surface area contributed by atoms with Gasteiger partial charge in [0.15, 0.2) is 0 Å². The summed E-state index contributed by atoms with van der Waals surface area (Å²) in [5.41, 5.74) is 0. The molecule has 0 bridgehead atoms. The average molecular weight is 174 g/mol. The first-order chi connectivity index (χ1) is 5.75. The third kappa shape index (κ3) is 2.44. The lowest BCUT2D eigenvalue weighted by molar-refractivity contribution is -0.0612. The smallest absolute Gasteiger partial charge is 0.0828 e. The lowest BCUT2D eigenvalue weighted by atomic mass is 9.91. The summed E-state index contributed by atoms with van der Waals surface area (Å²) in [6, 6.07) is 0. The second-order valence-electron chi connectivity index (χ2n) is 3.38. The summed E-state index contributed by atoms with van der Waals surface area (Å²) in [5, 5.41) is 9.76. The fraction of sp³-hybridized carbons (Fsp3) is 1.00. The van der Waals surface area contributed by atoms with Crippen molar-refractivity contribution in [1.29, 1.82) is 0 Å². The van der Waals surface area contributed by atoms with E-state index < -0.39 is 0 Å². The van der Waals surface area contributed by atoms with E-state index in [0.29, 0.717) is 5.92 Å². The summed E-state index contributed by atoms with van der Waals surface area (Å²) < 4.78 is 10.3. The molecule has 2 atom stereocenters. The molecule has 1 aliphatic rings. The van der Waals surface area contributed by atoms with E-state index in [1.165, 1.54) is 0 Å². The van der Waals surface area contributed by atoms with E-state index in [0.717, 1.165) is 26.1 Å². The summed E-state index contributed by atoms with van der Waals surface area (Å²) in [6.07, 6.45) is 1.51. The average Bonchev–Trinajstić information content (AvgIpc) is 2.17. The van der Waals surface area contributed by atoms with Crippen molar-refractivity contribution in [3.8, 4) is 0 Å². The monoisotopic (exact) mass is 174 g/mol. The quantitative estimate of drug-likeness (QED) is 0.688. The maximum atomic E-state index is 9.76. The predicted molar refractivity (Wildman–Crippen MR) is 46.0 cm³/mol. The molecule has 3 heteroatoms. The van der Waals surface area contributed by atoms with Gasteiger partial charge in [0.25, 0.3) is 0 Å². The first-order valence-electron chi connectivity index (χ1n) is 4.54. The Bertz CT molecular complexity index is 121. The lowest BCUT2D eigenvalue weighted by Gasteiger charge is -2.29. The van der Waals surface area contributed by atoms with Crippen LogP contribution in [0.1, 0.15) is 19.8 Å². The molecule has 1 heterocycles. The van der Waals surface area contributed by atoms with Crippen LogP contribution in [-0.4, -0.2) is 37.6 Å². The normalized spacial score (nSPS) is 25.2. The van der Waals surface area contributed by atoms with Crippen molar-refractivity contribution >= 4 is 0 Å². The van der Waals surface area contributed by atoms with E-state index in [1.54, 1.807) is 7.11 Å². The molecule has 0 amide bonds. The van der Waals surface area contributed by atoms with Gasteiger partial charge >= 0.3 is 0 Å². The predicted octanol–water partition coefficient (Wildman–Crippen LogP) is 0.809. The van der Waals surface area contributed by atoms with Crippen molar-refractivity contribution in [2.24, 2.45) is 5.92 Å². The summed E-state index contributed by atoms with van der Waals surface area (Å²) in [5.74, 6) is 0.355. The largest absolute Gasteiger partial charge is 0.390 e. The second kappa shape index (κ2) is 4.80. The number of aliphatic hydroxyl groups is 1. The first kappa shape index (κ1) is 9.96. The van der Waals surface area contributed by atoms with Gasteiger partial charge in [0.2, 0.25) is 0 Å². The number of rotatable bonds is 3. The van der Waals surface area contributed by atoms with Crippen LogP contribution >= 0.6 is 0 Å². The second-order valence-corrected chi connectivity index (χ2v) is 3.38. The number of methoxy groups -OCH3 is 1. The summed E-state index contributed by atoms with van der Waals surface area (Å²) >= 11 is 0. The number of ether oxygens (including phenoxy) is 2. The highest BCUT2D eigenvalue weighted by Crippen LogP contribution is 2.21. The Morgan fingerprint density at radius 2 is 2.00 bits per heavy atom. The summed E-state index contributed by atoms with van der Waals surface area (Å²) in [7, 11) is 1.63. The van der Waals surface area contributed by atoms with E-state index in [9.17, 15) is 5.11 Å². The molecule has 1 saturated heterocycles. The van der Waals surface area contributed by atoms with E-state index in [4.69, 9.17) is 9.47 Å².